The Morgan fingerprint density at radius 3 is 2.37 bits per heavy atom. The molecule has 6 N–H and O–H groups in total. The van der Waals surface area contributed by atoms with Gasteiger partial charge in [0.25, 0.3) is 0 Å². The number of carboxylic acid groups (broad SMARTS) is 1. The van der Waals surface area contributed by atoms with Crippen molar-refractivity contribution < 1.29 is 19.5 Å². The summed E-state index contributed by atoms with van der Waals surface area (Å²) in [7, 11) is 0. The van der Waals surface area contributed by atoms with E-state index in [9.17, 15) is 14.4 Å². The topological polar surface area (TPSA) is 148 Å². The molecule has 0 rings (SSSR count). The van der Waals surface area contributed by atoms with E-state index in [1.165, 1.54) is 6.92 Å². The van der Waals surface area contributed by atoms with Gasteiger partial charge in [-0.15, -0.1) is 0 Å². The Labute approximate surface area is 111 Å². The van der Waals surface area contributed by atoms with Crippen molar-refractivity contribution in [3.05, 3.63) is 0 Å². The SMILES string of the molecule is CC(=O)CCC(=O)NC(CCCN=C(N)N)C(=O)O. The predicted octanol–water partition coefficient (Wildman–Crippen LogP) is -1.02. The first-order valence-corrected chi connectivity index (χ1v) is 5.90. The lowest BCUT2D eigenvalue weighted by Crippen LogP contribution is -2.40. The van der Waals surface area contributed by atoms with E-state index < -0.39 is 17.9 Å². The summed E-state index contributed by atoms with van der Waals surface area (Å²) >= 11 is 0. The van der Waals surface area contributed by atoms with E-state index in [4.69, 9.17) is 16.6 Å². The average Bonchev–Trinajstić information content (AvgIpc) is 2.29. The van der Waals surface area contributed by atoms with Gasteiger partial charge in [0.2, 0.25) is 5.91 Å². The van der Waals surface area contributed by atoms with Gasteiger partial charge in [0, 0.05) is 19.4 Å². The van der Waals surface area contributed by atoms with Crippen molar-refractivity contribution in [2.75, 3.05) is 6.54 Å². The Morgan fingerprint density at radius 2 is 1.89 bits per heavy atom. The van der Waals surface area contributed by atoms with Crippen LogP contribution in [0.4, 0.5) is 0 Å². The minimum absolute atomic E-state index is 0.00693. The third kappa shape index (κ3) is 9.57. The molecule has 0 radical (unpaired) electrons. The first-order valence-electron chi connectivity index (χ1n) is 5.90. The third-order valence-electron chi connectivity index (χ3n) is 2.28. The van der Waals surface area contributed by atoms with Crippen LogP contribution in [0.5, 0.6) is 0 Å². The smallest absolute Gasteiger partial charge is 0.326 e. The number of aliphatic carboxylic acids is 1. The molecule has 0 spiro atoms. The van der Waals surface area contributed by atoms with Crippen LogP contribution in [-0.2, 0) is 14.4 Å². The quantitative estimate of drug-likeness (QED) is 0.240. The van der Waals surface area contributed by atoms with Crippen molar-refractivity contribution in [1.82, 2.24) is 5.32 Å². The first-order chi connectivity index (χ1) is 8.82. The van der Waals surface area contributed by atoms with Crippen LogP contribution in [0.2, 0.25) is 0 Å². The zero-order valence-corrected chi connectivity index (χ0v) is 10.9. The second-order valence-electron chi connectivity index (χ2n) is 4.11. The molecule has 19 heavy (non-hydrogen) atoms. The molecule has 0 aliphatic carbocycles. The largest absolute Gasteiger partial charge is 0.480 e. The summed E-state index contributed by atoms with van der Waals surface area (Å²) in [5.41, 5.74) is 10.3. The van der Waals surface area contributed by atoms with Gasteiger partial charge in [0.1, 0.15) is 11.8 Å². The Hall–Kier alpha value is -2.12. The number of ketones is 1. The van der Waals surface area contributed by atoms with E-state index in [0.717, 1.165) is 0 Å². The van der Waals surface area contributed by atoms with Gasteiger partial charge < -0.3 is 26.7 Å². The van der Waals surface area contributed by atoms with Crippen LogP contribution < -0.4 is 16.8 Å². The molecule has 0 bridgehead atoms. The van der Waals surface area contributed by atoms with Gasteiger partial charge in [0.15, 0.2) is 5.96 Å². The summed E-state index contributed by atoms with van der Waals surface area (Å²) in [6.07, 6.45) is 0.749. The summed E-state index contributed by atoms with van der Waals surface area (Å²) in [5, 5.41) is 11.3. The van der Waals surface area contributed by atoms with Crippen LogP contribution >= 0.6 is 0 Å². The zero-order valence-electron chi connectivity index (χ0n) is 10.9. The fourth-order valence-electron chi connectivity index (χ4n) is 1.32. The fraction of sp³-hybridized carbons (Fsp3) is 0.636. The van der Waals surface area contributed by atoms with Crippen molar-refractivity contribution >= 4 is 23.6 Å². The zero-order chi connectivity index (χ0) is 14.8. The van der Waals surface area contributed by atoms with Crippen LogP contribution in [-0.4, -0.2) is 41.3 Å². The summed E-state index contributed by atoms with van der Waals surface area (Å²) in [6, 6.07) is -0.992. The van der Waals surface area contributed by atoms with Crippen molar-refractivity contribution in [3.63, 3.8) is 0 Å². The Kier molecular flexibility index (Phi) is 7.90. The molecule has 108 valence electrons. The van der Waals surface area contributed by atoms with E-state index >= 15 is 0 Å². The van der Waals surface area contributed by atoms with Crippen LogP contribution in [0.3, 0.4) is 0 Å². The van der Waals surface area contributed by atoms with Crippen molar-refractivity contribution in [1.29, 1.82) is 0 Å². The van der Waals surface area contributed by atoms with Crippen molar-refractivity contribution in [2.45, 2.75) is 38.6 Å². The fourth-order valence-corrected chi connectivity index (χ4v) is 1.32. The lowest BCUT2D eigenvalue weighted by molar-refractivity contribution is -0.142. The molecule has 0 heterocycles. The van der Waals surface area contributed by atoms with Gasteiger partial charge in [-0.05, 0) is 19.8 Å². The van der Waals surface area contributed by atoms with Gasteiger partial charge in [-0.1, -0.05) is 0 Å². The number of hydrogen-bond donors (Lipinski definition) is 4. The number of nitrogens with one attached hydrogen (secondary N) is 1. The van der Waals surface area contributed by atoms with Gasteiger partial charge in [-0.3, -0.25) is 9.79 Å². The maximum absolute atomic E-state index is 11.4. The molecule has 0 aromatic heterocycles. The first kappa shape index (κ1) is 16.9. The summed E-state index contributed by atoms with van der Waals surface area (Å²) < 4.78 is 0. The summed E-state index contributed by atoms with van der Waals surface area (Å²) in [5.74, 6) is -1.75. The Balaban J connectivity index is 4.11. The van der Waals surface area contributed by atoms with Crippen LogP contribution in [0, 0.1) is 0 Å². The number of carbonyl (C=O) groups excluding carboxylic acids is 2. The second-order valence-corrected chi connectivity index (χ2v) is 4.11. The predicted molar refractivity (Wildman–Crippen MR) is 69.4 cm³/mol. The molecule has 0 aliphatic rings. The van der Waals surface area contributed by atoms with Crippen molar-refractivity contribution in [3.8, 4) is 0 Å². The van der Waals surface area contributed by atoms with Crippen LogP contribution in [0.25, 0.3) is 0 Å². The number of Topliss-reactive ketones (excluding diaryl/α,β-unsaturated/α-hetero) is 1. The number of rotatable bonds is 9. The number of aliphatic imine (C=N–C) groups is 1. The molecular weight excluding hydrogens is 252 g/mol. The molecule has 1 amide bonds. The summed E-state index contributed by atoms with van der Waals surface area (Å²) in [6.45, 7) is 1.67. The second kappa shape index (κ2) is 8.90. The molecule has 8 heteroatoms. The molecule has 0 aromatic carbocycles. The normalized spacial score (nSPS) is 11.4. The number of amides is 1. The number of carboxylic acids is 1. The van der Waals surface area contributed by atoms with Gasteiger partial charge in [-0.2, -0.15) is 0 Å². The average molecular weight is 272 g/mol. The third-order valence-corrected chi connectivity index (χ3v) is 2.28. The number of hydrogen-bond acceptors (Lipinski definition) is 4. The highest BCUT2D eigenvalue weighted by molar-refractivity contribution is 5.86. The highest BCUT2D eigenvalue weighted by Crippen LogP contribution is 2.00. The molecule has 0 saturated carbocycles. The highest BCUT2D eigenvalue weighted by Gasteiger charge is 2.19. The van der Waals surface area contributed by atoms with E-state index in [1.807, 2.05) is 0 Å². The van der Waals surface area contributed by atoms with Crippen molar-refractivity contribution in [2.24, 2.45) is 16.5 Å². The van der Waals surface area contributed by atoms with Gasteiger partial charge in [0.05, 0.1) is 0 Å². The van der Waals surface area contributed by atoms with E-state index in [0.29, 0.717) is 13.0 Å². The molecule has 8 nitrogen and oxygen atoms in total. The monoisotopic (exact) mass is 272 g/mol. The molecule has 1 unspecified atom stereocenters. The van der Waals surface area contributed by atoms with Crippen LogP contribution in [0.15, 0.2) is 4.99 Å². The molecule has 0 saturated heterocycles. The molecular formula is C11H20N4O4. The molecule has 0 aliphatic heterocycles. The minimum atomic E-state index is -1.12. The number of nitrogens with zero attached hydrogens (tertiary/aromatic N) is 1. The number of guanidine groups is 1. The lowest BCUT2D eigenvalue weighted by atomic mass is 10.1. The molecule has 0 aromatic rings. The Morgan fingerprint density at radius 1 is 1.26 bits per heavy atom. The maximum atomic E-state index is 11.4. The van der Waals surface area contributed by atoms with E-state index in [-0.39, 0.29) is 31.0 Å². The number of carbonyl (C=O) groups is 3. The van der Waals surface area contributed by atoms with Gasteiger partial charge in [-0.25, -0.2) is 4.79 Å². The Bertz CT molecular complexity index is 364. The maximum Gasteiger partial charge on any atom is 0.326 e. The minimum Gasteiger partial charge on any atom is -0.480 e. The highest BCUT2D eigenvalue weighted by atomic mass is 16.4. The molecule has 1 atom stereocenters. The standard InChI is InChI=1S/C11H20N4O4/c1-7(16)4-5-9(17)15-8(10(18)19)3-2-6-14-11(12)13/h8H,2-6H2,1H3,(H,15,17)(H,18,19)(H4,12,13,14). The lowest BCUT2D eigenvalue weighted by Gasteiger charge is -2.13. The van der Waals surface area contributed by atoms with E-state index in [1.54, 1.807) is 0 Å². The van der Waals surface area contributed by atoms with E-state index in [2.05, 4.69) is 10.3 Å². The molecule has 0 fully saturated rings. The summed E-state index contributed by atoms with van der Waals surface area (Å²) in [4.78, 5) is 36.8. The van der Waals surface area contributed by atoms with Gasteiger partial charge >= 0.3 is 5.97 Å². The van der Waals surface area contributed by atoms with Crippen LogP contribution in [0.1, 0.15) is 32.6 Å². The number of nitrogens with two attached hydrogens (primary N) is 2.